The number of hydrogen-bond donors (Lipinski definition) is 2. The van der Waals surface area contributed by atoms with Crippen LogP contribution in [-0.2, 0) is 0 Å². The highest BCUT2D eigenvalue weighted by Crippen LogP contribution is 2.33. The number of carbonyl (C=O) groups is 2. The zero-order valence-corrected chi connectivity index (χ0v) is 18.5. The van der Waals surface area contributed by atoms with Crippen molar-refractivity contribution >= 4 is 11.8 Å². The van der Waals surface area contributed by atoms with Crippen LogP contribution in [0.15, 0.2) is 30.3 Å². The quantitative estimate of drug-likeness (QED) is 0.526. The fourth-order valence-electron chi connectivity index (χ4n) is 2.92. The maximum Gasteiger partial charge on any atom is 0.338 e. The van der Waals surface area contributed by atoms with E-state index in [1.54, 1.807) is 19.1 Å². The summed E-state index contributed by atoms with van der Waals surface area (Å²) in [6.07, 6.45) is 0.322. The van der Waals surface area contributed by atoms with Crippen LogP contribution in [0, 0.1) is 24.1 Å². The molecule has 0 unspecified atom stereocenters. The molecule has 0 saturated heterocycles. The van der Waals surface area contributed by atoms with Gasteiger partial charge in [-0.15, -0.1) is 0 Å². The van der Waals surface area contributed by atoms with Gasteiger partial charge in [0.05, 0.1) is 24.3 Å². The highest BCUT2D eigenvalue weighted by Gasteiger charge is 2.22. The Kier molecular flexibility index (Phi) is 7.65. The Bertz CT molecular complexity index is 961. The number of carbonyl (C=O) groups excluding carboxylic acids is 1. The molecular weight excluding hydrogens is 403 g/mol. The average Bonchev–Trinajstić information content (AvgIpc) is 2.65. The number of phenols is 1. The van der Waals surface area contributed by atoms with E-state index in [0.717, 1.165) is 12.1 Å². The number of carboxylic acid groups (broad SMARTS) is 1. The van der Waals surface area contributed by atoms with E-state index in [0.29, 0.717) is 17.7 Å². The fraction of sp³-hybridized carbons (Fsp3) is 0.417. The lowest BCUT2D eigenvalue weighted by atomic mass is 9.87. The van der Waals surface area contributed by atoms with Gasteiger partial charge in [-0.25, -0.2) is 9.18 Å². The third-order valence-electron chi connectivity index (χ3n) is 4.60. The van der Waals surface area contributed by atoms with Crippen LogP contribution in [0.25, 0.3) is 0 Å². The molecule has 0 aliphatic carbocycles. The molecule has 6 nitrogen and oxygen atoms in total. The first-order chi connectivity index (χ1) is 14.4. The van der Waals surface area contributed by atoms with Gasteiger partial charge in [-0.1, -0.05) is 27.7 Å². The number of benzene rings is 2. The van der Waals surface area contributed by atoms with Gasteiger partial charge >= 0.3 is 5.97 Å². The van der Waals surface area contributed by atoms with Crippen LogP contribution in [-0.4, -0.2) is 35.2 Å². The van der Waals surface area contributed by atoms with Gasteiger partial charge < -0.3 is 19.7 Å². The van der Waals surface area contributed by atoms with Gasteiger partial charge in [-0.05, 0) is 36.6 Å². The largest absolute Gasteiger partial charge is 0.507 e. The van der Waals surface area contributed by atoms with E-state index in [2.05, 4.69) is 0 Å². The van der Waals surface area contributed by atoms with Crippen molar-refractivity contribution in [3.05, 3.63) is 52.8 Å². The number of aromatic carboxylic acids is 1. The van der Waals surface area contributed by atoms with Gasteiger partial charge in [0.2, 0.25) is 0 Å². The highest BCUT2D eigenvalue weighted by atomic mass is 19.1. The Morgan fingerprint density at radius 3 is 2.26 bits per heavy atom. The average molecular weight is 432 g/mol. The summed E-state index contributed by atoms with van der Waals surface area (Å²) in [5.41, 5.74) is 0.171. The van der Waals surface area contributed by atoms with E-state index < -0.39 is 17.3 Å². The van der Waals surface area contributed by atoms with Crippen LogP contribution in [0.5, 0.6) is 17.2 Å². The molecule has 7 heteroatoms. The minimum Gasteiger partial charge on any atom is -0.507 e. The van der Waals surface area contributed by atoms with Gasteiger partial charge in [0, 0.05) is 24.0 Å². The van der Waals surface area contributed by atoms with Crippen LogP contribution in [0.2, 0.25) is 0 Å². The topological polar surface area (TPSA) is 93.1 Å². The van der Waals surface area contributed by atoms with Gasteiger partial charge in [0.1, 0.15) is 23.1 Å². The number of rotatable bonds is 9. The first-order valence-electron chi connectivity index (χ1n) is 10.0. The first kappa shape index (κ1) is 24.2. The zero-order chi connectivity index (χ0) is 23.3. The third kappa shape index (κ3) is 6.70. The van der Waals surface area contributed by atoms with Crippen molar-refractivity contribution in [2.75, 3.05) is 13.2 Å². The summed E-state index contributed by atoms with van der Waals surface area (Å²) in [6.45, 7) is 9.94. The van der Waals surface area contributed by atoms with E-state index in [4.69, 9.17) is 14.6 Å². The lowest BCUT2D eigenvalue weighted by Crippen LogP contribution is -2.17. The van der Waals surface area contributed by atoms with Crippen molar-refractivity contribution in [1.82, 2.24) is 0 Å². The van der Waals surface area contributed by atoms with Gasteiger partial charge in [-0.3, -0.25) is 4.79 Å². The zero-order valence-electron chi connectivity index (χ0n) is 18.5. The molecule has 0 saturated carbocycles. The molecule has 0 heterocycles. The molecule has 0 aliphatic heterocycles. The predicted octanol–water partition coefficient (Wildman–Crippen LogP) is 5.25. The summed E-state index contributed by atoms with van der Waals surface area (Å²) in [5, 5.41) is 19.3. The Morgan fingerprint density at radius 2 is 1.68 bits per heavy atom. The smallest absolute Gasteiger partial charge is 0.338 e. The van der Waals surface area contributed by atoms with Crippen LogP contribution in [0.3, 0.4) is 0 Å². The van der Waals surface area contributed by atoms with Crippen molar-refractivity contribution in [2.45, 2.75) is 41.0 Å². The lowest BCUT2D eigenvalue weighted by Gasteiger charge is -2.19. The molecule has 0 aromatic heterocycles. The molecule has 0 amide bonds. The van der Waals surface area contributed by atoms with Gasteiger partial charge in [0.15, 0.2) is 5.78 Å². The maximum atomic E-state index is 13.7. The molecule has 2 aromatic rings. The molecule has 0 fully saturated rings. The number of Topliss-reactive ketones (excluding diaryl/α,β-unsaturated/α-hetero) is 1. The molecule has 0 spiro atoms. The minimum atomic E-state index is -1.34. The first-order valence-corrected chi connectivity index (χ1v) is 10.0. The second-order valence-corrected chi connectivity index (χ2v) is 8.92. The van der Waals surface area contributed by atoms with E-state index in [9.17, 15) is 19.1 Å². The molecule has 1 atom stereocenters. The summed E-state index contributed by atoms with van der Waals surface area (Å²) in [6, 6.07) is 6.82. The van der Waals surface area contributed by atoms with Crippen molar-refractivity contribution in [2.24, 2.45) is 11.3 Å². The number of phenolic OH excluding ortho intramolecular Hbond substituents is 1. The second kappa shape index (κ2) is 9.81. The summed E-state index contributed by atoms with van der Waals surface area (Å²) >= 11 is 0. The third-order valence-corrected chi connectivity index (χ3v) is 4.60. The second-order valence-electron chi connectivity index (χ2n) is 8.92. The predicted molar refractivity (Wildman–Crippen MR) is 115 cm³/mol. The van der Waals surface area contributed by atoms with Gasteiger partial charge in [-0.2, -0.15) is 0 Å². The number of ketones is 1. The molecule has 0 radical (unpaired) electrons. The number of aromatic hydroxyl groups is 1. The monoisotopic (exact) mass is 432 g/mol. The molecule has 2 rings (SSSR count). The number of hydrogen-bond acceptors (Lipinski definition) is 5. The van der Waals surface area contributed by atoms with E-state index in [1.807, 2.05) is 27.7 Å². The number of carboxylic acids is 1. The van der Waals surface area contributed by atoms with E-state index >= 15 is 0 Å². The molecule has 0 aliphatic rings. The standard InChI is InChI=1S/C24H29FO6/c1-14(12-30-16-6-7-17(23(28)29)19(25)10-16)13-31-21-9-8-18(22(27)15(21)2)20(26)11-24(3,4)5/h6-10,14,27H,11-13H2,1-5H3,(H,28,29)/t14-/m0/s1. The molecule has 2 aromatic carbocycles. The summed E-state index contributed by atoms with van der Waals surface area (Å²) in [5.74, 6) is -1.78. The van der Waals surface area contributed by atoms with E-state index in [1.165, 1.54) is 6.07 Å². The maximum absolute atomic E-state index is 13.7. The molecule has 2 N–H and O–H groups in total. The van der Waals surface area contributed by atoms with Crippen molar-refractivity contribution < 1.29 is 33.7 Å². The van der Waals surface area contributed by atoms with Crippen LogP contribution < -0.4 is 9.47 Å². The summed E-state index contributed by atoms with van der Waals surface area (Å²) in [4.78, 5) is 23.3. The van der Waals surface area contributed by atoms with Crippen molar-refractivity contribution in [3.63, 3.8) is 0 Å². The number of ether oxygens (including phenoxy) is 2. The normalized spacial score (nSPS) is 12.3. The van der Waals surface area contributed by atoms with Crippen LogP contribution >= 0.6 is 0 Å². The Balaban J connectivity index is 1.95. The molecular formula is C24H29FO6. The Labute approximate surface area is 181 Å². The van der Waals surface area contributed by atoms with Crippen LogP contribution in [0.1, 0.15) is 60.4 Å². The molecule has 168 valence electrons. The Hall–Kier alpha value is -3.09. The van der Waals surface area contributed by atoms with Crippen molar-refractivity contribution in [1.29, 1.82) is 0 Å². The minimum absolute atomic E-state index is 0.0778. The van der Waals surface area contributed by atoms with E-state index in [-0.39, 0.29) is 47.4 Å². The molecule has 31 heavy (non-hydrogen) atoms. The lowest BCUT2D eigenvalue weighted by molar-refractivity contribution is 0.0691. The summed E-state index contributed by atoms with van der Waals surface area (Å²) < 4.78 is 25.0. The summed E-state index contributed by atoms with van der Waals surface area (Å²) in [7, 11) is 0. The van der Waals surface area contributed by atoms with Crippen LogP contribution in [0.4, 0.5) is 4.39 Å². The highest BCUT2D eigenvalue weighted by molar-refractivity contribution is 5.99. The number of halogens is 1. The Morgan fingerprint density at radius 1 is 1.06 bits per heavy atom. The molecule has 0 bridgehead atoms. The SMILES string of the molecule is Cc1c(OC[C@@H](C)COc2ccc(C(=O)O)c(F)c2)ccc(C(=O)CC(C)(C)C)c1O. The fourth-order valence-corrected chi connectivity index (χ4v) is 2.92. The van der Waals surface area contributed by atoms with Crippen molar-refractivity contribution in [3.8, 4) is 17.2 Å². The van der Waals surface area contributed by atoms with Gasteiger partial charge in [0.25, 0.3) is 0 Å².